The molecule has 1 unspecified atom stereocenters. The van der Waals surface area contributed by atoms with Crippen LogP contribution in [0.1, 0.15) is 18.1 Å². The van der Waals surface area contributed by atoms with Gasteiger partial charge in [0.2, 0.25) is 0 Å². The summed E-state index contributed by atoms with van der Waals surface area (Å²) in [4.78, 5) is 3.82. The van der Waals surface area contributed by atoms with Crippen molar-refractivity contribution in [1.82, 2.24) is 4.98 Å². The normalized spacial score (nSPS) is 12.0. The molecule has 1 aromatic rings. The fourth-order valence-corrected chi connectivity index (χ4v) is 0.777. The van der Waals surface area contributed by atoms with Gasteiger partial charge in [-0.05, 0) is 11.6 Å². The second-order valence-corrected chi connectivity index (χ2v) is 2.16. The molecule has 0 aliphatic heterocycles. The number of nitrogens with zero attached hydrogens (tertiary/aromatic N) is 2. The summed E-state index contributed by atoms with van der Waals surface area (Å²) in [6, 6.07) is 5.37. The van der Waals surface area contributed by atoms with Crippen LogP contribution in [0.15, 0.2) is 24.5 Å². The van der Waals surface area contributed by atoms with E-state index in [0.29, 0.717) is 5.56 Å². The highest BCUT2D eigenvalue weighted by Gasteiger charge is 2.04. The van der Waals surface area contributed by atoms with Gasteiger partial charge in [0.1, 0.15) is 0 Å². The second kappa shape index (κ2) is 3.69. The molecule has 0 aliphatic carbocycles. The fourth-order valence-electron chi connectivity index (χ4n) is 0.777. The van der Waals surface area contributed by atoms with Crippen molar-refractivity contribution in [2.45, 2.75) is 12.5 Å². The maximum absolute atomic E-state index is 9.26. The van der Waals surface area contributed by atoms with Crippen LogP contribution in [0, 0.1) is 11.3 Å². The smallest absolute Gasteiger partial charge is 0.0934 e. The predicted octanol–water partition coefficient (Wildman–Crippen LogP) is 1.03. The van der Waals surface area contributed by atoms with Gasteiger partial charge in [-0.15, -0.1) is 0 Å². The third kappa shape index (κ3) is 2.03. The first-order valence-corrected chi connectivity index (χ1v) is 3.29. The number of pyridine rings is 1. The summed E-state index contributed by atoms with van der Waals surface area (Å²) in [5.41, 5.74) is 0.689. The van der Waals surface area contributed by atoms with Crippen molar-refractivity contribution in [3.05, 3.63) is 30.1 Å². The molecule has 0 fully saturated rings. The van der Waals surface area contributed by atoms with Gasteiger partial charge in [-0.1, -0.05) is 6.07 Å². The Bertz CT molecular complexity index is 253. The number of nitriles is 1. The van der Waals surface area contributed by atoms with E-state index in [-0.39, 0.29) is 6.42 Å². The highest BCUT2D eigenvalue weighted by atomic mass is 16.3. The minimum Gasteiger partial charge on any atom is -0.387 e. The van der Waals surface area contributed by atoms with Crippen LogP contribution in [0.3, 0.4) is 0 Å². The van der Waals surface area contributed by atoms with Crippen LogP contribution in [-0.2, 0) is 0 Å². The van der Waals surface area contributed by atoms with Crippen molar-refractivity contribution in [3.63, 3.8) is 0 Å². The Labute approximate surface area is 64.9 Å². The molecule has 0 spiro atoms. The topological polar surface area (TPSA) is 56.9 Å². The van der Waals surface area contributed by atoms with E-state index in [1.165, 1.54) is 0 Å². The zero-order chi connectivity index (χ0) is 8.10. The van der Waals surface area contributed by atoms with Gasteiger partial charge in [-0.25, -0.2) is 0 Å². The maximum atomic E-state index is 9.26. The molecule has 0 saturated carbocycles. The highest BCUT2D eigenvalue weighted by Crippen LogP contribution is 2.13. The molecule has 1 atom stereocenters. The van der Waals surface area contributed by atoms with E-state index in [2.05, 4.69) is 4.98 Å². The molecule has 1 aromatic heterocycles. The number of aliphatic hydroxyl groups is 1. The first kappa shape index (κ1) is 7.70. The number of aromatic nitrogens is 1. The summed E-state index contributed by atoms with van der Waals surface area (Å²) in [7, 11) is 0. The summed E-state index contributed by atoms with van der Waals surface area (Å²) in [5.74, 6) is 0. The molecule has 0 aliphatic rings. The number of hydrogen-bond acceptors (Lipinski definition) is 3. The van der Waals surface area contributed by atoms with E-state index in [4.69, 9.17) is 5.26 Å². The summed E-state index contributed by atoms with van der Waals surface area (Å²) in [6.07, 6.45) is 2.60. The molecule has 0 saturated heterocycles. The van der Waals surface area contributed by atoms with Gasteiger partial charge in [0.25, 0.3) is 0 Å². The SMILES string of the molecule is N#CCC(O)c1cccnc1. The molecule has 1 N–H and O–H groups in total. The van der Waals surface area contributed by atoms with E-state index in [1.807, 2.05) is 6.07 Å². The van der Waals surface area contributed by atoms with Crippen molar-refractivity contribution in [1.29, 1.82) is 5.26 Å². The molecule has 0 aromatic carbocycles. The van der Waals surface area contributed by atoms with Crippen LogP contribution in [-0.4, -0.2) is 10.1 Å². The molecule has 0 bridgehead atoms. The molecule has 0 radical (unpaired) electrons. The van der Waals surface area contributed by atoms with Gasteiger partial charge >= 0.3 is 0 Å². The molecule has 0 amide bonds. The van der Waals surface area contributed by atoms with E-state index >= 15 is 0 Å². The molecular weight excluding hydrogens is 140 g/mol. The second-order valence-electron chi connectivity index (χ2n) is 2.16. The minimum atomic E-state index is -0.700. The average molecular weight is 148 g/mol. The molecule has 11 heavy (non-hydrogen) atoms. The lowest BCUT2D eigenvalue weighted by atomic mass is 10.1. The first-order chi connectivity index (χ1) is 5.34. The first-order valence-electron chi connectivity index (χ1n) is 3.29. The van der Waals surface area contributed by atoms with Crippen molar-refractivity contribution < 1.29 is 5.11 Å². The Kier molecular flexibility index (Phi) is 2.59. The van der Waals surface area contributed by atoms with Gasteiger partial charge in [0.05, 0.1) is 18.6 Å². The molecule has 1 heterocycles. The van der Waals surface area contributed by atoms with Gasteiger partial charge in [-0.2, -0.15) is 5.26 Å². The lowest BCUT2D eigenvalue weighted by molar-refractivity contribution is 0.183. The van der Waals surface area contributed by atoms with E-state index < -0.39 is 6.10 Å². The third-order valence-electron chi connectivity index (χ3n) is 1.35. The van der Waals surface area contributed by atoms with Crippen LogP contribution >= 0.6 is 0 Å². The molecule has 56 valence electrons. The molecular formula is C8H8N2O. The summed E-state index contributed by atoms with van der Waals surface area (Å²) >= 11 is 0. The van der Waals surface area contributed by atoms with Crippen LogP contribution in [0.25, 0.3) is 0 Å². The quantitative estimate of drug-likeness (QED) is 0.681. The average Bonchev–Trinajstić information content (AvgIpc) is 2.07. The van der Waals surface area contributed by atoms with Crippen molar-refractivity contribution >= 4 is 0 Å². The van der Waals surface area contributed by atoms with Gasteiger partial charge in [0.15, 0.2) is 0 Å². The van der Waals surface area contributed by atoms with Crippen molar-refractivity contribution in [2.75, 3.05) is 0 Å². The highest BCUT2D eigenvalue weighted by molar-refractivity contribution is 5.12. The number of hydrogen-bond donors (Lipinski definition) is 1. The summed E-state index contributed by atoms with van der Waals surface area (Å²) in [6.45, 7) is 0. The standard InChI is InChI=1S/C8H8N2O/c9-4-3-8(11)7-2-1-5-10-6-7/h1-2,5-6,8,11H,3H2. The lowest BCUT2D eigenvalue weighted by Gasteiger charge is -2.03. The number of aliphatic hydroxyl groups excluding tert-OH is 1. The van der Waals surface area contributed by atoms with E-state index in [0.717, 1.165) is 0 Å². The van der Waals surface area contributed by atoms with Crippen LogP contribution in [0.2, 0.25) is 0 Å². The summed E-state index contributed by atoms with van der Waals surface area (Å²) < 4.78 is 0. The Hall–Kier alpha value is -1.40. The van der Waals surface area contributed by atoms with E-state index in [9.17, 15) is 5.11 Å². The fraction of sp³-hybridized carbons (Fsp3) is 0.250. The Morgan fingerprint density at radius 2 is 2.55 bits per heavy atom. The van der Waals surface area contributed by atoms with Crippen LogP contribution < -0.4 is 0 Å². The minimum absolute atomic E-state index is 0.117. The van der Waals surface area contributed by atoms with E-state index in [1.54, 1.807) is 24.5 Å². The van der Waals surface area contributed by atoms with Crippen LogP contribution in [0.4, 0.5) is 0 Å². The van der Waals surface area contributed by atoms with Gasteiger partial charge in [-0.3, -0.25) is 4.98 Å². The zero-order valence-electron chi connectivity index (χ0n) is 5.94. The Morgan fingerprint density at radius 1 is 1.73 bits per heavy atom. The predicted molar refractivity (Wildman–Crippen MR) is 39.4 cm³/mol. The maximum Gasteiger partial charge on any atom is 0.0934 e. The molecule has 1 rings (SSSR count). The summed E-state index contributed by atoms with van der Waals surface area (Å²) in [5, 5.41) is 17.5. The monoisotopic (exact) mass is 148 g/mol. The largest absolute Gasteiger partial charge is 0.387 e. The van der Waals surface area contributed by atoms with Crippen molar-refractivity contribution in [3.8, 4) is 6.07 Å². The molecule has 3 heteroatoms. The van der Waals surface area contributed by atoms with Crippen LogP contribution in [0.5, 0.6) is 0 Å². The Morgan fingerprint density at radius 3 is 3.09 bits per heavy atom. The van der Waals surface area contributed by atoms with Gasteiger partial charge < -0.3 is 5.11 Å². The molecule has 3 nitrogen and oxygen atoms in total. The lowest BCUT2D eigenvalue weighted by Crippen LogP contribution is -1.95. The zero-order valence-corrected chi connectivity index (χ0v) is 5.94. The number of rotatable bonds is 2. The Balaban J connectivity index is 2.70. The van der Waals surface area contributed by atoms with Gasteiger partial charge in [0, 0.05) is 12.4 Å². The third-order valence-corrected chi connectivity index (χ3v) is 1.35. The van der Waals surface area contributed by atoms with Crippen molar-refractivity contribution in [2.24, 2.45) is 0 Å².